The van der Waals surface area contributed by atoms with Crippen molar-refractivity contribution in [2.75, 3.05) is 0 Å². The molecule has 0 spiro atoms. The average Bonchev–Trinajstić information content (AvgIpc) is 3.17. The third-order valence-corrected chi connectivity index (χ3v) is 11.2. The molecule has 9 atom stereocenters. The van der Waals surface area contributed by atoms with E-state index in [-0.39, 0.29) is 0 Å². The standard InChI is InChI=1S/C31H45N/c1-4-5-22-10-12-26-25(19-22)11-13-28-27(26)16-17-31(3)29(14-15-30(28)31)21(2)18-23-6-8-24(20-32)9-7-23/h6-9,21-22,25-30H,4-5,10-19H2,1-3H3/t21-,22-,25+,26-,27?,28+,29?,30?,31+/m0/s1. The second-order valence-corrected chi connectivity index (χ2v) is 12.6. The highest BCUT2D eigenvalue weighted by Gasteiger charge is 2.57. The van der Waals surface area contributed by atoms with Gasteiger partial charge < -0.3 is 0 Å². The van der Waals surface area contributed by atoms with Crippen molar-refractivity contribution in [3.05, 3.63) is 35.4 Å². The van der Waals surface area contributed by atoms with Gasteiger partial charge in [-0.25, -0.2) is 0 Å². The molecule has 0 bridgehead atoms. The minimum absolute atomic E-state index is 0.569. The summed E-state index contributed by atoms with van der Waals surface area (Å²) in [6.07, 6.45) is 17.7. The molecule has 0 amide bonds. The Morgan fingerprint density at radius 2 is 1.75 bits per heavy atom. The Hall–Kier alpha value is -1.29. The Bertz CT molecular complexity index is 818. The smallest absolute Gasteiger partial charge is 0.0991 e. The first-order chi connectivity index (χ1) is 15.5. The lowest BCUT2D eigenvalue weighted by Crippen LogP contribution is -2.49. The molecule has 3 unspecified atom stereocenters. The lowest BCUT2D eigenvalue weighted by molar-refractivity contribution is -0.0740. The molecule has 0 aliphatic heterocycles. The lowest BCUT2D eigenvalue weighted by atomic mass is 9.48. The van der Waals surface area contributed by atoms with E-state index >= 15 is 0 Å². The van der Waals surface area contributed by atoms with Gasteiger partial charge in [-0.05, 0) is 128 Å². The first kappa shape index (κ1) is 22.5. The fraction of sp³-hybridized carbons (Fsp3) is 0.774. The van der Waals surface area contributed by atoms with Gasteiger partial charge in [-0.3, -0.25) is 0 Å². The van der Waals surface area contributed by atoms with Gasteiger partial charge in [-0.1, -0.05) is 52.2 Å². The minimum Gasteiger partial charge on any atom is -0.192 e. The normalized spacial score (nSPS) is 41.8. The summed E-state index contributed by atoms with van der Waals surface area (Å²) in [5.74, 6) is 7.89. The first-order valence-electron chi connectivity index (χ1n) is 14.0. The van der Waals surface area contributed by atoms with Crippen LogP contribution in [0.1, 0.15) is 103 Å². The molecule has 4 saturated carbocycles. The third-order valence-electron chi connectivity index (χ3n) is 11.2. The number of nitriles is 1. The van der Waals surface area contributed by atoms with Gasteiger partial charge in [0.25, 0.3) is 0 Å². The van der Waals surface area contributed by atoms with Crippen LogP contribution in [0.5, 0.6) is 0 Å². The zero-order chi connectivity index (χ0) is 22.3. The van der Waals surface area contributed by atoms with Gasteiger partial charge in [0.05, 0.1) is 11.6 Å². The summed E-state index contributed by atoms with van der Waals surface area (Å²) in [4.78, 5) is 0. The zero-order valence-corrected chi connectivity index (χ0v) is 20.9. The van der Waals surface area contributed by atoms with E-state index in [1.807, 2.05) is 12.1 Å². The second kappa shape index (κ2) is 9.16. The number of nitrogens with zero attached hydrogens (tertiary/aromatic N) is 1. The predicted molar refractivity (Wildman–Crippen MR) is 133 cm³/mol. The topological polar surface area (TPSA) is 23.8 Å². The third kappa shape index (κ3) is 3.95. The number of benzene rings is 1. The Morgan fingerprint density at radius 3 is 2.50 bits per heavy atom. The molecular weight excluding hydrogens is 386 g/mol. The van der Waals surface area contributed by atoms with Gasteiger partial charge >= 0.3 is 0 Å². The van der Waals surface area contributed by atoms with E-state index in [9.17, 15) is 0 Å². The fourth-order valence-electron chi connectivity index (χ4n) is 9.83. The van der Waals surface area contributed by atoms with E-state index in [4.69, 9.17) is 5.26 Å². The van der Waals surface area contributed by atoms with Crippen LogP contribution >= 0.6 is 0 Å². The van der Waals surface area contributed by atoms with Gasteiger partial charge in [-0.15, -0.1) is 0 Å². The molecule has 4 fully saturated rings. The van der Waals surface area contributed by atoms with Crippen LogP contribution in [0, 0.1) is 64.1 Å². The zero-order valence-electron chi connectivity index (χ0n) is 20.9. The Morgan fingerprint density at radius 1 is 0.969 bits per heavy atom. The maximum absolute atomic E-state index is 9.10. The molecule has 1 heteroatoms. The SMILES string of the molecule is CCC[C@H]1CC[C@@H]2C3CC[C@@]4(C)C(CCC4[C@@H](C)Cc4ccc(C#N)cc4)[C@@H]3CC[C@@H]2C1. The maximum Gasteiger partial charge on any atom is 0.0991 e. The fourth-order valence-corrected chi connectivity index (χ4v) is 9.83. The van der Waals surface area contributed by atoms with Crippen molar-refractivity contribution >= 4 is 0 Å². The van der Waals surface area contributed by atoms with Crippen molar-refractivity contribution in [1.29, 1.82) is 5.26 Å². The Labute approximate surface area is 197 Å². The molecule has 0 radical (unpaired) electrons. The molecule has 0 N–H and O–H groups in total. The van der Waals surface area contributed by atoms with Crippen molar-refractivity contribution in [2.45, 2.75) is 97.8 Å². The molecule has 1 nitrogen and oxygen atoms in total. The van der Waals surface area contributed by atoms with Gasteiger partial charge in [0.2, 0.25) is 0 Å². The van der Waals surface area contributed by atoms with Gasteiger partial charge in [0, 0.05) is 0 Å². The van der Waals surface area contributed by atoms with E-state index in [1.165, 1.54) is 56.9 Å². The first-order valence-corrected chi connectivity index (χ1v) is 14.0. The molecule has 32 heavy (non-hydrogen) atoms. The summed E-state index contributed by atoms with van der Waals surface area (Å²) in [7, 11) is 0. The van der Waals surface area contributed by atoms with E-state index in [0.29, 0.717) is 5.41 Å². The molecule has 0 aromatic heterocycles. The molecule has 1 aromatic carbocycles. The Kier molecular flexibility index (Phi) is 6.44. The number of fused-ring (bicyclic) bond motifs is 5. The highest BCUT2D eigenvalue weighted by Crippen LogP contribution is 2.65. The summed E-state index contributed by atoms with van der Waals surface area (Å²) in [5.41, 5.74) is 2.77. The summed E-state index contributed by atoms with van der Waals surface area (Å²) in [6.45, 7) is 7.60. The van der Waals surface area contributed by atoms with Gasteiger partial charge in [0.15, 0.2) is 0 Å². The molecule has 4 aliphatic rings. The number of hydrogen-bond acceptors (Lipinski definition) is 1. The quantitative estimate of drug-likeness (QED) is 0.459. The van der Waals surface area contributed by atoms with Crippen LogP contribution in [0.4, 0.5) is 0 Å². The molecule has 0 saturated heterocycles. The van der Waals surface area contributed by atoms with Crippen LogP contribution in [0.2, 0.25) is 0 Å². The monoisotopic (exact) mass is 431 g/mol. The summed E-state index contributed by atoms with van der Waals surface area (Å²) < 4.78 is 0. The van der Waals surface area contributed by atoms with Crippen LogP contribution in [-0.2, 0) is 6.42 Å². The molecule has 0 heterocycles. The van der Waals surface area contributed by atoms with Gasteiger partial charge in [-0.2, -0.15) is 5.26 Å². The van der Waals surface area contributed by atoms with Crippen molar-refractivity contribution in [3.63, 3.8) is 0 Å². The van der Waals surface area contributed by atoms with Crippen molar-refractivity contribution in [2.24, 2.45) is 52.8 Å². The summed E-state index contributed by atoms with van der Waals surface area (Å²) >= 11 is 0. The maximum atomic E-state index is 9.10. The van der Waals surface area contributed by atoms with E-state index < -0.39 is 0 Å². The molecule has 4 aliphatic carbocycles. The van der Waals surface area contributed by atoms with Crippen LogP contribution in [-0.4, -0.2) is 0 Å². The van der Waals surface area contributed by atoms with Gasteiger partial charge in [0.1, 0.15) is 0 Å². The second-order valence-electron chi connectivity index (χ2n) is 12.6. The molecule has 174 valence electrons. The summed E-state index contributed by atoms with van der Waals surface area (Å²) in [6, 6.07) is 10.6. The summed E-state index contributed by atoms with van der Waals surface area (Å²) in [5, 5.41) is 9.10. The van der Waals surface area contributed by atoms with Crippen LogP contribution < -0.4 is 0 Å². The van der Waals surface area contributed by atoms with Crippen LogP contribution in [0.25, 0.3) is 0 Å². The Balaban J connectivity index is 1.26. The highest BCUT2D eigenvalue weighted by atomic mass is 14.6. The molecule has 5 rings (SSSR count). The molecule has 1 aromatic rings. The van der Waals surface area contributed by atoms with Crippen molar-refractivity contribution in [3.8, 4) is 6.07 Å². The minimum atomic E-state index is 0.569. The van der Waals surface area contributed by atoms with E-state index in [2.05, 4.69) is 39.0 Å². The molecular formula is C31H45N. The van der Waals surface area contributed by atoms with E-state index in [0.717, 1.165) is 52.9 Å². The predicted octanol–water partition coefficient (Wildman–Crippen LogP) is 8.42. The largest absolute Gasteiger partial charge is 0.192 e. The van der Waals surface area contributed by atoms with E-state index in [1.54, 1.807) is 25.7 Å². The number of rotatable bonds is 5. The lowest BCUT2D eigenvalue weighted by Gasteiger charge is -2.57. The highest BCUT2D eigenvalue weighted by molar-refractivity contribution is 5.31. The van der Waals surface area contributed by atoms with Crippen molar-refractivity contribution < 1.29 is 0 Å². The number of hydrogen-bond donors (Lipinski definition) is 0. The van der Waals surface area contributed by atoms with Crippen molar-refractivity contribution in [1.82, 2.24) is 0 Å². The van der Waals surface area contributed by atoms with Crippen LogP contribution in [0.3, 0.4) is 0 Å². The van der Waals surface area contributed by atoms with Crippen LogP contribution in [0.15, 0.2) is 24.3 Å². The average molecular weight is 432 g/mol.